The number of benzene rings is 2. The summed E-state index contributed by atoms with van der Waals surface area (Å²) in [7, 11) is 0. The molecule has 158 valence electrons. The summed E-state index contributed by atoms with van der Waals surface area (Å²) in [5.74, 6) is 0.219. The zero-order valence-electron chi connectivity index (χ0n) is 15.2. The van der Waals surface area contributed by atoms with Crippen LogP contribution >= 0.6 is 31.9 Å². The summed E-state index contributed by atoms with van der Waals surface area (Å²) in [5.41, 5.74) is 2.21. The van der Waals surface area contributed by atoms with Gasteiger partial charge in [-0.15, -0.1) is 0 Å². The summed E-state index contributed by atoms with van der Waals surface area (Å²) in [6.07, 6.45) is 0.817. The molecule has 0 unspecified atom stereocenters. The van der Waals surface area contributed by atoms with Gasteiger partial charge in [0.05, 0.1) is 4.47 Å². The van der Waals surface area contributed by atoms with Crippen LogP contribution in [0.4, 0.5) is 10.5 Å². The molecule has 30 heavy (non-hydrogen) atoms. The predicted molar refractivity (Wildman–Crippen MR) is 113 cm³/mol. The van der Waals surface area contributed by atoms with E-state index >= 15 is 0 Å². The molecule has 1 atom stereocenters. The molecular weight excluding hydrogens is 528 g/mol. The number of rotatable bonds is 6. The fraction of sp³-hybridized carbons (Fsp3) is 0.158. The largest absolute Gasteiger partial charge is 0.506 e. The second-order valence-corrected chi connectivity index (χ2v) is 7.80. The van der Waals surface area contributed by atoms with Gasteiger partial charge < -0.3 is 19.3 Å². The van der Waals surface area contributed by atoms with Gasteiger partial charge in [-0.25, -0.2) is 10.3 Å². The van der Waals surface area contributed by atoms with Crippen LogP contribution in [0.25, 0.3) is 0 Å². The highest BCUT2D eigenvalue weighted by Crippen LogP contribution is 2.38. The van der Waals surface area contributed by atoms with Crippen molar-refractivity contribution in [2.45, 2.75) is 12.5 Å². The van der Waals surface area contributed by atoms with E-state index in [9.17, 15) is 14.7 Å². The SMILES string of the molecule is O=C(/C=C/C[C@@H](OC(=O)Nc1ccc2c(c1)OCO2)c1cc(Br)cc(Br)c1O)NO. The first kappa shape index (κ1) is 21.9. The van der Waals surface area contributed by atoms with Crippen molar-refractivity contribution in [1.82, 2.24) is 5.48 Å². The normalized spacial score (nSPS) is 13.2. The Labute approximate surface area is 187 Å². The third-order valence-corrected chi connectivity index (χ3v) is 5.06. The first-order valence-electron chi connectivity index (χ1n) is 8.53. The molecule has 0 spiro atoms. The van der Waals surface area contributed by atoms with Gasteiger partial charge in [-0.1, -0.05) is 22.0 Å². The van der Waals surface area contributed by atoms with E-state index in [4.69, 9.17) is 19.4 Å². The lowest BCUT2D eigenvalue weighted by atomic mass is 10.0. The van der Waals surface area contributed by atoms with Crippen LogP contribution in [0, 0.1) is 0 Å². The van der Waals surface area contributed by atoms with Crippen LogP contribution in [0.3, 0.4) is 0 Å². The van der Waals surface area contributed by atoms with E-state index in [1.165, 1.54) is 11.6 Å². The van der Waals surface area contributed by atoms with Gasteiger partial charge in [0.25, 0.3) is 5.91 Å². The number of ether oxygens (including phenoxy) is 3. The average Bonchev–Trinajstić information content (AvgIpc) is 3.17. The summed E-state index contributed by atoms with van der Waals surface area (Å²) in [4.78, 5) is 23.7. The van der Waals surface area contributed by atoms with Gasteiger partial charge in [0, 0.05) is 34.3 Å². The Morgan fingerprint density at radius 3 is 2.73 bits per heavy atom. The van der Waals surface area contributed by atoms with Crippen molar-refractivity contribution < 1.29 is 34.1 Å². The standard InChI is InChI=1S/C19H16Br2N2O7/c20-10-6-12(18(25)13(21)7-10)14(2-1-3-17(24)23-27)30-19(26)22-11-4-5-15-16(8-11)29-9-28-15/h1,3-8,14,25,27H,2,9H2,(H,22,26)(H,23,24)/b3-1+/t14-/m1/s1. The number of hydrogen-bond donors (Lipinski definition) is 4. The summed E-state index contributed by atoms with van der Waals surface area (Å²) in [5, 5.41) is 21.6. The van der Waals surface area contributed by atoms with Crippen molar-refractivity contribution in [3.05, 3.63) is 57.0 Å². The zero-order valence-corrected chi connectivity index (χ0v) is 18.4. The Morgan fingerprint density at radius 2 is 1.97 bits per heavy atom. The number of carbonyl (C=O) groups excluding carboxylic acids is 2. The maximum atomic E-state index is 12.5. The van der Waals surface area contributed by atoms with E-state index in [2.05, 4.69) is 37.2 Å². The number of fused-ring (bicyclic) bond motifs is 1. The highest BCUT2D eigenvalue weighted by molar-refractivity contribution is 9.11. The van der Waals surface area contributed by atoms with E-state index < -0.39 is 18.1 Å². The number of hydroxylamine groups is 1. The number of aromatic hydroxyl groups is 1. The minimum Gasteiger partial charge on any atom is -0.506 e. The van der Waals surface area contributed by atoms with E-state index in [0.29, 0.717) is 31.7 Å². The second kappa shape index (κ2) is 9.83. The molecule has 0 radical (unpaired) electrons. The summed E-state index contributed by atoms with van der Waals surface area (Å²) >= 11 is 6.57. The van der Waals surface area contributed by atoms with Crippen LogP contribution in [-0.2, 0) is 9.53 Å². The molecule has 3 rings (SSSR count). The Hall–Kier alpha value is -2.76. The van der Waals surface area contributed by atoms with E-state index in [-0.39, 0.29) is 19.0 Å². The Morgan fingerprint density at radius 1 is 1.20 bits per heavy atom. The molecule has 0 saturated carbocycles. The van der Waals surface area contributed by atoms with Gasteiger partial charge in [0.15, 0.2) is 11.5 Å². The van der Waals surface area contributed by atoms with Gasteiger partial charge >= 0.3 is 6.09 Å². The molecule has 11 heteroatoms. The van der Waals surface area contributed by atoms with E-state index in [0.717, 1.165) is 6.08 Å². The average molecular weight is 544 g/mol. The van der Waals surface area contributed by atoms with Crippen molar-refractivity contribution in [3.8, 4) is 17.2 Å². The van der Waals surface area contributed by atoms with Crippen LogP contribution in [-0.4, -0.2) is 29.1 Å². The molecule has 0 fully saturated rings. The number of phenols is 1. The molecule has 0 aromatic heterocycles. The van der Waals surface area contributed by atoms with Crippen LogP contribution in [0.1, 0.15) is 18.1 Å². The molecule has 1 heterocycles. The van der Waals surface area contributed by atoms with Gasteiger partial charge in [0.1, 0.15) is 11.9 Å². The first-order valence-corrected chi connectivity index (χ1v) is 10.1. The molecule has 2 aromatic rings. The second-order valence-electron chi connectivity index (χ2n) is 6.03. The van der Waals surface area contributed by atoms with E-state index in [1.807, 2.05) is 0 Å². The van der Waals surface area contributed by atoms with Gasteiger partial charge in [0.2, 0.25) is 6.79 Å². The number of phenolic OH excluding ortho intramolecular Hbond substituents is 1. The van der Waals surface area contributed by atoms with E-state index in [1.54, 1.807) is 30.3 Å². The zero-order chi connectivity index (χ0) is 21.7. The lowest BCUT2D eigenvalue weighted by Gasteiger charge is -2.19. The molecule has 0 aliphatic carbocycles. The highest BCUT2D eigenvalue weighted by Gasteiger charge is 2.22. The summed E-state index contributed by atoms with van der Waals surface area (Å²) < 4.78 is 17.0. The maximum absolute atomic E-state index is 12.5. The molecule has 2 aromatic carbocycles. The number of carbonyl (C=O) groups is 2. The summed E-state index contributed by atoms with van der Waals surface area (Å²) in [6, 6.07) is 8.11. The Kier molecular flexibility index (Phi) is 7.19. The molecule has 4 N–H and O–H groups in total. The summed E-state index contributed by atoms with van der Waals surface area (Å²) in [6.45, 7) is 0.107. The predicted octanol–water partition coefficient (Wildman–Crippen LogP) is 4.39. The fourth-order valence-corrected chi connectivity index (χ4v) is 3.91. The molecular formula is C19H16Br2N2O7. The molecule has 1 aliphatic rings. The topological polar surface area (TPSA) is 126 Å². The first-order chi connectivity index (χ1) is 14.4. The lowest BCUT2D eigenvalue weighted by Crippen LogP contribution is -2.18. The molecule has 0 bridgehead atoms. The molecule has 1 aliphatic heterocycles. The number of nitrogens with one attached hydrogen (secondary N) is 2. The van der Waals surface area contributed by atoms with Crippen molar-refractivity contribution in [2.75, 3.05) is 12.1 Å². The highest BCUT2D eigenvalue weighted by atomic mass is 79.9. The van der Waals surface area contributed by atoms with Crippen molar-refractivity contribution >= 4 is 49.5 Å². The number of amides is 2. The van der Waals surface area contributed by atoms with Gasteiger partial charge in [-0.05, 0) is 40.2 Å². The third-order valence-electron chi connectivity index (χ3n) is 4.00. The third kappa shape index (κ3) is 5.43. The van der Waals surface area contributed by atoms with Gasteiger partial charge in [-0.2, -0.15) is 0 Å². The Bertz CT molecular complexity index is 997. The maximum Gasteiger partial charge on any atom is 0.412 e. The molecule has 9 nitrogen and oxygen atoms in total. The number of halogens is 2. The fourth-order valence-electron chi connectivity index (χ4n) is 2.66. The van der Waals surface area contributed by atoms with Crippen molar-refractivity contribution in [3.63, 3.8) is 0 Å². The van der Waals surface area contributed by atoms with Crippen LogP contribution in [0.2, 0.25) is 0 Å². The van der Waals surface area contributed by atoms with Gasteiger partial charge in [-0.3, -0.25) is 15.3 Å². The minimum atomic E-state index is -0.935. The van der Waals surface area contributed by atoms with Crippen LogP contribution in [0.5, 0.6) is 17.2 Å². The lowest BCUT2D eigenvalue weighted by molar-refractivity contribution is -0.124. The molecule has 2 amide bonds. The Balaban J connectivity index is 1.78. The monoisotopic (exact) mass is 542 g/mol. The van der Waals surface area contributed by atoms with Crippen molar-refractivity contribution in [2.24, 2.45) is 0 Å². The minimum absolute atomic E-state index is 0.0540. The smallest absolute Gasteiger partial charge is 0.412 e. The number of hydrogen-bond acceptors (Lipinski definition) is 7. The van der Waals surface area contributed by atoms with Crippen molar-refractivity contribution in [1.29, 1.82) is 0 Å². The number of anilines is 1. The quantitative estimate of drug-likeness (QED) is 0.242. The van der Waals surface area contributed by atoms with Crippen LogP contribution in [0.15, 0.2) is 51.4 Å². The van der Waals surface area contributed by atoms with Crippen LogP contribution < -0.4 is 20.3 Å². The molecule has 0 saturated heterocycles.